The van der Waals surface area contributed by atoms with Crippen LogP contribution >= 0.6 is 0 Å². The zero-order chi connectivity index (χ0) is 25.3. The topological polar surface area (TPSA) is 41.9 Å². The second kappa shape index (κ2) is 6.70. The van der Waals surface area contributed by atoms with Gasteiger partial charge in [-0.1, -0.05) is 13.8 Å². The fraction of sp³-hybridized carbons (Fsp3) is 0.684. The van der Waals surface area contributed by atoms with Crippen molar-refractivity contribution in [3.63, 3.8) is 0 Å². The number of ether oxygens (including phenoxy) is 2. The van der Waals surface area contributed by atoms with E-state index in [1.807, 2.05) is 0 Å². The van der Waals surface area contributed by atoms with Crippen LogP contribution in [0.25, 0.3) is 0 Å². The minimum Gasteiger partial charge on any atom is -0.493 e. The Hall–Kier alpha value is -1.26. The van der Waals surface area contributed by atoms with Crippen molar-refractivity contribution in [1.29, 1.82) is 0 Å². The second-order valence-electron chi connectivity index (χ2n) is 5.85. The van der Waals surface area contributed by atoms with Crippen LogP contribution in [0, 0.1) is 11.8 Å². The lowest BCUT2D eigenvalue weighted by molar-refractivity contribution is -0.0191. The van der Waals surface area contributed by atoms with E-state index in [-0.39, 0.29) is 43.0 Å². The van der Waals surface area contributed by atoms with E-state index < -0.39 is 43.7 Å². The van der Waals surface area contributed by atoms with Crippen LogP contribution in [-0.4, -0.2) is 43.4 Å². The maximum Gasteiger partial charge on any atom is 0.161 e. The van der Waals surface area contributed by atoms with Crippen LogP contribution in [0.15, 0.2) is 12.1 Å². The lowest BCUT2D eigenvalue weighted by Gasteiger charge is -2.46. The Labute approximate surface area is 153 Å². The molecule has 1 fully saturated rings. The fourth-order valence-corrected chi connectivity index (χ4v) is 3.22. The predicted octanol–water partition coefficient (Wildman–Crippen LogP) is 3.03. The van der Waals surface area contributed by atoms with Gasteiger partial charge in [-0.25, -0.2) is 0 Å². The maximum absolute atomic E-state index is 11.0. The van der Waals surface area contributed by atoms with E-state index in [9.17, 15) is 5.11 Å². The van der Waals surface area contributed by atoms with Crippen molar-refractivity contribution in [3.05, 3.63) is 23.2 Å². The Morgan fingerprint density at radius 2 is 2.26 bits per heavy atom. The lowest BCUT2D eigenvalue weighted by atomic mass is 9.79. The maximum atomic E-state index is 11.0. The standard InChI is InChI=1S/C19H29NO3/c1-12(2)7-14-11-20-6-5-13-8-18(22-3)19(23-4)9-15(13)16(20)10-17(14)21/h8-9,12,14,16-17,21H,5-7,10-11H2,1-4H3/i1D3,7D2,8D,9D,11D2,12D. The van der Waals surface area contributed by atoms with E-state index in [1.165, 1.54) is 19.1 Å². The third kappa shape index (κ3) is 3.20. The van der Waals surface area contributed by atoms with Crippen LogP contribution in [0.2, 0.25) is 0 Å². The Bertz CT molecular complexity index is 934. The van der Waals surface area contributed by atoms with Crippen molar-refractivity contribution in [2.24, 2.45) is 11.8 Å². The number of nitrogens with zero attached hydrogens (tertiary/aromatic N) is 1. The van der Waals surface area contributed by atoms with Gasteiger partial charge in [0.05, 0.1) is 23.1 Å². The molecule has 1 aromatic carbocycles. The number of aliphatic hydroxyl groups is 1. The minimum absolute atomic E-state index is 0.00800. The molecule has 4 nitrogen and oxygen atoms in total. The van der Waals surface area contributed by atoms with Crippen molar-refractivity contribution >= 4 is 0 Å². The van der Waals surface area contributed by atoms with Gasteiger partial charge in [-0.2, -0.15) is 0 Å². The summed E-state index contributed by atoms with van der Waals surface area (Å²) < 4.78 is 93.4. The van der Waals surface area contributed by atoms with Crippen molar-refractivity contribution in [2.75, 3.05) is 27.3 Å². The summed E-state index contributed by atoms with van der Waals surface area (Å²) in [6, 6.07) is -0.965. The van der Waals surface area contributed by atoms with Gasteiger partial charge in [0.1, 0.15) is 0 Å². The molecule has 0 saturated carbocycles. The third-order valence-electron chi connectivity index (χ3n) is 4.29. The second-order valence-corrected chi connectivity index (χ2v) is 5.85. The van der Waals surface area contributed by atoms with Crippen LogP contribution in [0.4, 0.5) is 0 Å². The summed E-state index contributed by atoms with van der Waals surface area (Å²) in [4.78, 5) is 1.31. The number of benzene rings is 1. The number of methoxy groups -OCH3 is 2. The van der Waals surface area contributed by atoms with Crippen LogP contribution in [0.5, 0.6) is 11.5 Å². The Morgan fingerprint density at radius 1 is 1.52 bits per heavy atom. The van der Waals surface area contributed by atoms with Gasteiger partial charge in [0.25, 0.3) is 0 Å². The van der Waals surface area contributed by atoms with Gasteiger partial charge in [0.2, 0.25) is 0 Å². The molecule has 2 aliphatic rings. The number of fused-ring (bicyclic) bond motifs is 3. The zero-order valence-corrected chi connectivity index (χ0v) is 13.6. The molecule has 1 aromatic rings. The summed E-state index contributed by atoms with van der Waals surface area (Å²) >= 11 is 0. The van der Waals surface area contributed by atoms with Crippen molar-refractivity contribution in [1.82, 2.24) is 4.90 Å². The van der Waals surface area contributed by atoms with Crippen LogP contribution in [0.3, 0.4) is 0 Å². The highest BCUT2D eigenvalue weighted by atomic mass is 16.5. The summed E-state index contributed by atoms with van der Waals surface area (Å²) in [5.41, 5.74) is 0.770. The van der Waals surface area contributed by atoms with Gasteiger partial charge >= 0.3 is 0 Å². The molecule has 4 unspecified atom stereocenters. The van der Waals surface area contributed by atoms with Crippen molar-refractivity contribution in [2.45, 2.75) is 45.1 Å². The smallest absolute Gasteiger partial charge is 0.161 e. The van der Waals surface area contributed by atoms with E-state index in [0.29, 0.717) is 11.1 Å². The molecule has 4 atom stereocenters. The summed E-state index contributed by atoms with van der Waals surface area (Å²) in [6.45, 7) is -4.66. The average Bonchev–Trinajstić information content (AvgIpc) is 2.67. The summed E-state index contributed by atoms with van der Waals surface area (Å²) in [5.74, 6) is -4.43. The molecular weight excluding hydrogens is 290 g/mol. The van der Waals surface area contributed by atoms with Gasteiger partial charge in [-0.15, -0.1) is 0 Å². The molecule has 0 aliphatic carbocycles. The normalized spacial score (nSPS) is 39.7. The summed E-state index contributed by atoms with van der Waals surface area (Å²) in [6.07, 6.45) is -4.60. The minimum atomic E-state index is -3.06. The van der Waals surface area contributed by atoms with Crippen molar-refractivity contribution < 1.29 is 28.3 Å². The number of aliphatic hydroxyl groups excluding tert-OH is 1. The van der Waals surface area contributed by atoms with Gasteiger partial charge in [0.15, 0.2) is 11.5 Å². The average molecular weight is 330 g/mol. The Balaban J connectivity index is 2.15. The SMILES string of the molecule is [2H]c1c2c(c([2H])c(OC)c1OC)C1CC(O)C(C([2H])([2H])C([2H])(C)C([2H])([2H])[2H])C([2H])([2H])N1CC2. The number of rotatable bonds is 4. The molecule has 1 saturated heterocycles. The molecule has 0 amide bonds. The molecule has 0 bridgehead atoms. The molecule has 23 heavy (non-hydrogen) atoms. The van der Waals surface area contributed by atoms with Crippen molar-refractivity contribution in [3.8, 4) is 11.5 Å². The van der Waals surface area contributed by atoms with Gasteiger partial charge in [-0.05, 0) is 54.2 Å². The van der Waals surface area contributed by atoms with E-state index in [2.05, 4.69) is 0 Å². The molecule has 3 rings (SSSR count). The summed E-state index contributed by atoms with van der Waals surface area (Å²) in [7, 11) is 2.68. The molecule has 2 aliphatic heterocycles. The Kier molecular flexibility index (Phi) is 2.39. The highest BCUT2D eigenvalue weighted by molar-refractivity contribution is 5.49. The molecule has 0 radical (unpaired) electrons. The monoisotopic (exact) mass is 329 g/mol. The van der Waals surface area contributed by atoms with Gasteiger partial charge < -0.3 is 14.6 Å². The van der Waals surface area contributed by atoms with Crippen LogP contribution < -0.4 is 9.47 Å². The third-order valence-corrected chi connectivity index (χ3v) is 4.29. The lowest BCUT2D eigenvalue weighted by Crippen LogP contribution is -2.48. The van der Waals surface area contributed by atoms with E-state index in [0.717, 1.165) is 6.92 Å². The molecular formula is C19H29NO3. The molecule has 0 aromatic heterocycles. The molecule has 4 heteroatoms. The van der Waals surface area contributed by atoms with Gasteiger partial charge in [-0.3, -0.25) is 4.90 Å². The first-order valence-corrected chi connectivity index (χ1v) is 7.65. The molecule has 128 valence electrons. The first-order valence-electron chi connectivity index (χ1n) is 12.7. The number of hydrogen-bond acceptors (Lipinski definition) is 4. The highest BCUT2D eigenvalue weighted by Crippen LogP contribution is 2.43. The quantitative estimate of drug-likeness (QED) is 0.922. The van der Waals surface area contributed by atoms with Crippen LogP contribution in [-0.2, 0) is 6.42 Å². The first kappa shape index (κ1) is 8.21. The van der Waals surface area contributed by atoms with E-state index in [4.69, 9.17) is 23.2 Å². The fourth-order valence-electron chi connectivity index (χ4n) is 3.22. The highest BCUT2D eigenvalue weighted by Gasteiger charge is 2.38. The van der Waals surface area contributed by atoms with Crippen LogP contribution in [0.1, 0.15) is 57.4 Å². The predicted molar refractivity (Wildman–Crippen MR) is 91.1 cm³/mol. The molecule has 1 N–H and O–H groups in total. The number of hydrogen-bond donors (Lipinski definition) is 1. The largest absolute Gasteiger partial charge is 0.493 e. The Morgan fingerprint density at radius 3 is 2.96 bits per heavy atom. The summed E-state index contributed by atoms with van der Waals surface area (Å²) in [5, 5.41) is 11.0. The van der Waals surface area contributed by atoms with E-state index >= 15 is 0 Å². The zero-order valence-electron chi connectivity index (χ0n) is 23.6. The first-order chi connectivity index (χ1) is 15.0. The van der Waals surface area contributed by atoms with E-state index in [1.54, 1.807) is 0 Å². The van der Waals surface area contributed by atoms with Gasteiger partial charge in [0, 0.05) is 30.0 Å². The molecule has 0 spiro atoms. The number of piperidine rings is 1. The molecule has 2 heterocycles.